The van der Waals surface area contributed by atoms with Crippen LogP contribution in [0.25, 0.3) is 10.6 Å². The summed E-state index contributed by atoms with van der Waals surface area (Å²) in [5, 5.41) is 3.33. The molecule has 0 aliphatic carbocycles. The Labute approximate surface area is 101 Å². The highest BCUT2D eigenvalue weighted by atomic mass is 35.5. The molecule has 0 spiro atoms. The third-order valence-electron chi connectivity index (χ3n) is 1.91. The number of anilines is 1. The summed E-state index contributed by atoms with van der Waals surface area (Å²) in [4.78, 5) is 4.44. The number of benzene rings is 1. The van der Waals surface area contributed by atoms with Crippen LogP contribution in [0.1, 0.15) is 0 Å². The molecule has 2 rings (SSSR count). The number of rotatable bonds is 2. The maximum Gasteiger partial charge on any atom is 0.131 e. The number of thioether (sulfide) groups is 1. The molecule has 0 amide bonds. The summed E-state index contributed by atoms with van der Waals surface area (Å²) in [6.45, 7) is 0. The van der Waals surface area contributed by atoms with Crippen LogP contribution in [0.2, 0.25) is 5.02 Å². The molecular formula is C10H9ClN2S2. The van der Waals surface area contributed by atoms with Crippen molar-refractivity contribution in [2.45, 2.75) is 5.03 Å². The van der Waals surface area contributed by atoms with Gasteiger partial charge in [-0.05, 0) is 18.4 Å². The third kappa shape index (κ3) is 2.27. The van der Waals surface area contributed by atoms with Gasteiger partial charge in [-0.3, -0.25) is 0 Å². The maximum atomic E-state index is 5.83. The van der Waals surface area contributed by atoms with Crippen molar-refractivity contribution in [2.24, 2.45) is 0 Å². The van der Waals surface area contributed by atoms with E-state index in [1.165, 1.54) is 11.3 Å². The van der Waals surface area contributed by atoms with E-state index in [-0.39, 0.29) is 0 Å². The maximum absolute atomic E-state index is 5.83. The standard InChI is InChI=1S/C10H9ClN2S2/c1-14-10-8(12)15-9(13-10)6-2-4-7(11)5-3-6/h2-5H,12H2,1H3. The highest BCUT2D eigenvalue weighted by Crippen LogP contribution is 2.34. The Morgan fingerprint density at radius 1 is 1.33 bits per heavy atom. The monoisotopic (exact) mass is 256 g/mol. The Bertz CT molecular complexity index is 465. The molecule has 0 atom stereocenters. The number of hydrogen-bond acceptors (Lipinski definition) is 4. The molecule has 0 saturated heterocycles. The van der Waals surface area contributed by atoms with Crippen molar-refractivity contribution >= 4 is 39.7 Å². The number of halogens is 1. The molecule has 0 fully saturated rings. The fourth-order valence-electron chi connectivity index (χ4n) is 1.18. The summed E-state index contributed by atoms with van der Waals surface area (Å²) in [6, 6.07) is 7.61. The molecule has 1 aromatic carbocycles. The Morgan fingerprint density at radius 3 is 2.53 bits per heavy atom. The van der Waals surface area contributed by atoms with Gasteiger partial charge in [-0.1, -0.05) is 35.1 Å². The van der Waals surface area contributed by atoms with E-state index in [0.29, 0.717) is 0 Å². The summed E-state index contributed by atoms with van der Waals surface area (Å²) in [7, 11) is 0. The minimum Gasteiger partial charge on any atom is -0.388 e. The second-order valence-corrected chi connectivity index (χ2v) is 5.16. The number of thiazole rings is 1. The van der Waals surface area contributed by atoms with Crippen molar-refractivity contribution in [1.82, 2.24) is 4.98 Å². The largest absolute Gasteiger partial charge is 0.388 e. The van der Waals surface area contributed by atoms with Crippen LogP contribution < -0.4 is 5.73 Å². The Morgan fingerprint density at radius 2 is 2.00 bits per heavy atom. The van der Waals surface area contributed by atoms with Gasteiger partial charge < -0.3 is 5.73 Å². The molecule has 0 saturated carbocycles. The molecule has 2 N–H and O–H groups in total. The van der Waals surface area contributed by atoms with Crippen molar-refractivity contribution in [3.8, 4) is 10.6 Å². The van der Waals surface area contributed by atoms with Crippen LogP contribution in [-0.2, 0) is 0 Å². The first kappa shape index (κ1) is 10.8. The lowest BCUT2D eigenvalue weighted by Gasteiger charge is -1.94. The van der Waals surface area contributed by atoms with Crippen molar-refractivity contribution in [2.75, 3.05) is 12.0 Å². The van der Waals surface area contributed by atoms with Gasteiger partial charge in [0.05, 0.1) is 0 Å². The van der Waals surface area contributed by atoms with Crippen LogP contribution in [0.4, 0.5) is 5.00 Å². The first-order valence-corrected chi connectivity index (χ1v) is 6.69. The SMILES string of the molecule is CSc1nc(-c2ccc(Cl)cc2)sc1N. The molecule has 1 aromatic heterocycles. The number of hydrogen-bond donors (Lipinski definition) is 1. The normalized spacial score (nSPS) is 10.5. The molecular weight excluding hydrogens is 248 g/mol. The van der Waals surface area contributed by atoms with Gasteiger partial charge in [-0.15, -0.1) is 11.8 Å². The van der Waals surface area contributed by atoms with E-state index >= 15 is 0 Å². The Balaban J connectivity index is 2.41. The Kier molecular flexibility index (Phi) is 3.19. The van der Waals surface area contributed by atoms with E-state index in [0.717, 1.165) is 25.6 Å². The lowest BCUT2D eigenvalue weighted by molar-refractivity contribution is 1.22. The van der Waals surface area contributed by atoms with Crippen LogP contribution in [0.5, 0.6) is 0 Å². The zero-order chi connectivity index (χ0) is 10.8. The van der Waals surface area contributed by atoms with Crippen molar-refractivity contribution < 1.29 is 0 Å². The van der Waals surface area contributed by atoms with Crippen LogP contribution in [0, 0.1) is 0 Å². The molecule has 5 heteroatoms. The summed E-state index contributed by atoms with van der Waals surface area (Å²) in [5.74, 6) is 0. The molecule has 0 aliphatic rings. The summed E-state index contributed by atoms with van der Waals surface area (Å²) in [6.07, 6.45) is 1.97. The average Bonchev–Trinajstić information content (AvgIpc) is 2.61. The summed E-state index contributed by atoms with van der Waals surface area (Å²) < 4.78 is 0. The van der Waals surface area contributed by atoms with Crippen molar-refractivity contribution in [3.05, 3.63) is 29.3 Å². The second kappa shape index (κ2) is 4.43. The molecule has 2 nitrogen and oxygen atoms in total. The Hall–Kier alpha value is -0.710. The third-order valence-corrected chi connectivity index (χ3v) is 3.92. The van der Waals surface area contributed by atoms with Crippen LogP contribution in [-0.4, -0.2) is 11.2 Å². The predicted molar refractivity (Wildman–Crippen MR) is 68.8 cm³/mol. The van der Waals surface area contributed by atoms with Crippen LogP contribution >= 0.6 is 34.7 Å². The molecule has 0 radical (unpaired) electrons. The van der Waals surface area contributed by atoms with Crippen LogP contribution in [0.15, 0.2) is 29.3 Å². The van der Waals surface area contributed by atoms with Crippen LogP contribution in [0.3, 0.4) is 0 Å². The van der Waals surface area contributed by atoms with Gasteiger partial charge in [-0.2, -0.15) is 0 Å². The van der Waals surface area contributed by atoms with E-state index in [2.05, 4.69) is 4.98 Å². The summed E-state index contributed by atoms with van der Waals surface area (Å²) in [5.41, 5.74) is 6.88. The van der Waals surface area contributed by atoms with E-state index in [4.69, 9.17) is 17.3 Å². The zero-order valence-corrected chi connectivity index (χ0v) is 10.4. The van der Waals surface area contributed by atoms with Gasteiger partial charge >= 0.3 is 0 Å². The van der Waals surface area contributed by atoms with Crippen molar-refractivity contribution in [1.29, 1.82) is 0 Å². The number of nitrogens with zero attached hydrogens (tertiary/aromatic N) is 1. The number of nitrogens with two attached hydrogens (primary N) is 1. The highest BCUT2D eigenvalue weighted by molar-refractivity contribution is 7.98. The zero-order valence-electron chi connectivity index (χ0n) is 8.03. The van der Waals surface area contributed by atoms with E-state index in [1.54, 1.807) is 11.8 Å². The minimum atomic E-state index is 0.730. The van der Waals surface area contributed by atoms with Gasteiger partial charge in [0.25, 0.3) is 0 Å². The fraction of sp³-hybridized carbons (Fsp3) is 0.100. The second-order valence-electron chi connectivity index (χ2n) is 2.90. The lowest BCUT2D eigenvalue weighted by atomic mass is 10.2. The average molecular weight is 257 g/mol. The quantitative estimate of drug-likeness (QED) is 0.832. The highest BCUT2D eigenvalue weighted by Gasteiger charge is 2.08. The molecule has 2 aromatic rings. The van der Waals surface area contributed by atoms with E-state index in [9.17, 15) is 0 Å². The van der Waals surface area contributed by atoms with E-state index in [1.807, 2.05) is 30.5 Å². The first-order valence-electron chi connectivity index (χ1n) is 4.27. The molecule has 0 bridgehead atoms. The fourth-order valence-corrected chi connectivity index (χ4v) is 2.85. The van der Waals surface area contributed by atoms with Gasteiger partial charge in [-0.25, -0.2) is 4.98 Å². The lowest BCUT2D eigenvalue weighted by Crippen LogP contribution is -1.80. The molecule has 78 valence electrons. The number of nitrogen functional groups attached to an aromatic ring is 1. The first-order chi connectivity index (χ1) is 7.20. The predicted octanol–water partition coefficient (Wildman–Crippen LogP) is 3.77. The topological polar surface area (TPSA) is 38.9 Å². The molecule has 1 heterocycles. The van der Waals surface area contributed by atoms with E-state index < -0.39 is 0 Å². The van der Waals surface area contributed by atoms with Gasteiger partial charge in [0, 0.05) is 10.6 Å². The molecule has 0 aliphatic heterocycles. The summed E-state index contributed by atoms with van der Waals surface area (Å²) >= 11 is 8.88. The molecule has 15 heavy (non-hydrogen) atoms. The van der Waals surface area contributed by atoms with Gasteiger partial charge in [0.15, 0.2) is 0 Å². The minimum absolute atomic E-state index is 0.730. The number of aromatic nitrogens is 1. The smallest absolute Gasteiger partial charge is 0.131 e. The van der Waals surface area contributed by atoms with Gasteiger partial charge in [0.1, 0.15) is 15.0 Å². The molecule has 0 unspecified atom stereocenters. The van der Waals surface area contributed by atoms with Gasteiger partial charge in [0.2, 0.25) is 0 Å². The van der Waals surface area contributed by atoms with Crippen molar-refractivity contribution in [3.63, 3.8) is 0 Å².